The first kappa shape index (κ1) is 72.1. The number of hydrogen-bond donors (Lipinski definition) is 0. The topological polar surface area (TPSA) is 63.0 Å². The van der Waals surface area contributed by atoms with Crippen LogP contribution >= 0.6 is 0 Å². The summed E-state index contributed by atoms with van der Waals surface area (Å²) in [5.41, 5.74) is 0. The molecule has 0 heterocycles. The van der Waals surface area contributed by atoms with Gasteiger partial charge in [0.1, 0.15) is 0 Å². The Bertz CT molecular complexity index is 24.1. The Kier molecular flexibility index (Phi) is 543. The minimum absolute atomic E-state index is 0. The zero-order valence-corrected chi connectivity index (χ0v) is 11.2. The molecule has 0 atom stereocenters. The van der Waals surface area contributed by atoms with E-state index in [1.165, 1.54) is 0 Å². The molecule has 0 aromatic rings. The van der Waals surface area contributed by atoms with Gasteiger partial charge in [0.25, 0.3) is 0 Å². The van der Waals surface area contributed by atoms with Gasteiger partial charge in [0, 0.05) is 0 Å². The quantitative estimate of drug-likeness (QED) is 0.360. The SMILES string of the molecule is O.O.[Ca+2].[Ca+2].[Cl-].[Cl-].[H-].[H-].[H-].[H-].[Mg+2]. The second-order valence-electron chi connectivity index (χ2n) is 0. The van der Waals surface area contributed by atoms with E-state index in [1.807, 2.05) is 0 Å². The zero-order chi connectivity index (χ0) is 0. The summed E-state index contributed by atoms with van der Waals surface area (Å²) in [6.45, 7) is 0. The molecule has 7 heteroatoms. The molecular weight excluding hydrogens is 207 g/mol. The fourth-order valence-corrected chi connectivity index (χ4v) is 0. The van der Waals surface area contributed by atoms with Gasteiger partial charge in [-0.25, -0.2) is 0 Å². The first-order chi connectivity index (χ1) is 0. The first-order valence-electron chi connectivity index (χ1n) is 0. The summed E-state index contributed by atoms with van der Waals surface area (Å²) < 4.78 is 0. The van der Waals surface area contributed by atoms with Crippen LogP contribution in [0.5, 0.6) is 0 Å². The molecule has 0 rings (SSSR count). The Morgan fingerprint density at radius 1 is 0.714 bits per heavy atom. The summed E-state index contributed by atoms with van der Waals surface area (Å²) in [6, 6.07) is 0. The maximum absolute atomic E-state index is 0. The van der Waals surface area contributed by atoms with Crippen LogP contribution in [-0.4, -0.2) is 109 Å². The maximum atomic E-state index is 0. The van der Waals surface area contributed by atoms with E-state index in [-0.39, 0.29) is 140 Å². The molecule has 0 aliphatic rings. The zero-order valence-electron chi connectivity index (χ0n) is 7.88. The molecule has 0 aromatic carbocycles. The monoisotopic (exact) mass is 214 g/mol. The van der Waals surface area contributed by atoms with Crippen molar-refractivity contribution in [2.75, 3.05) is 0 Å². The molecule has 0 aromatic heterocycles. The van der Waals surface area contributed by atoms with Crippen LogP contribution in [0, 0.1) is 0 Å². The predicted molar refractivity (Wildman–Crippen MR) is 28.9 cm³/mol. The van der Waals surface area contributed by atoms with E-state index >= 15 is 0 Å². The van der Waals surface area contributed by atoms with E-state index in [1.54, 1.807) is 0 Å². The van der Waals surface area contributed by atoms with Gasteiger partial charge in [-0.3, -0.25) is 0 Å². The van der Waals surface area contributed by atoms with Crippen LogP contribution in [0.1, 0.15) is 5.71 Å². The molecule has 0 fully saturated rings. The molecule has 2 nitrogen and oxygen atoms in total. The van der Waals surface area contributed by atoms with Crippen molar-refractivity contribution in [1.82, 2.24) is 0 Å². The summed E-state index contributed by atoms with van der Waals surface area (Å²) in [7, 11) is 0. The maximum Gasteiger partial charge on any atom is 2.00 e. The van der Waals surface area contributed by atoms with Crippen LogP contribution < -0.4 is 24.8 Å². The molecule has 0 spiro atoms. The van der Waals surface area contributed by atoms with E-state index in [2.05, 4.69) is 0 Å². The summed E-state index contributed by atoms with van der Waals surface area (Å²) in [4.78, 5) is 0. The van der Waals surface area contributed by atoms with Crippen molar-refractivity contribution in [1.29, 1.82) is 0 Å². The molecule has 0 radical (unpaired) electrons. The molecule has 0 saturated heterocycles. The summed E-state index contributed by atoms with van der Waals surface area (Å²) >= 11 is 0. The minimum atomic E-state index is 0. The third kappa shape index (κ3) is 41.4. The van der Waals surface area contributed by atoms with Crippen molar-refractivity contribution in [3.8, 4) is 0 Å². The number of rotatable bonds is 0. The van der Waals surface area contributed by atoms with Crippen molar-refractivity contribution in [2.24, 2.45) is 0 Å². The summed E-state index contributed by atoms with van der Waals surface area (Å²) in [5, 5.41) is 0. The molecule has 0 bridgehead atoms. The second-order valence-corrected chi connectivity index (χ2v) is 0. The Hall–Kier alpha value is 3.79. The smallest absolute Gasteiger partial charge is 1.00 e. The van der Waals surface area contributed by atoms with Crippen molar-refractivity contribution >= 4 is 98.5 Å². The predicted octanol–water partition coefficient (Wildman–Crippen LogP) is -8.33. The van der Waals surface area contributed by atoms with Gasteiger partial charge in [-0.2, -0.15) is 0 Å². The number of hydrogen-bond acceptors (Lipinski definition) is 0. The standard InChI is InChI=1S/2Ca.2ClH.Mg.2H2O.4H/h;;2*1H;;2*1H2;;;;/q2*+2;;;+2;;;4*-1/p-2. The van der Waals surface area contributed by atoms with Gasteiger partial charge < -0.3 is 41.5 Å². The van der Waals surface area contributed by atoms with Crippen LogP contribution in [0.15, 0.2) is 0 Å². The molecule has 7 heavy (non-hydrogen) atoms. The van der Waals surface area contributed by atoms with Gasteiger partial charge in [0.15, 0.2) is 0 Å². The van der Waals surface area contributed by atoms with Gasteiger partial charge in [0.05, 0.1) is 0 Å². The van der Waals surface area contributed by atoms with Crippen molar-refractivity contribution < 1.29 is 41.5 Å². The summed E-state index contributed by atoms with van der Waals surface area (Å²) in [6.07, 6.45) is 0. The Morgan fingerprint density at radius 3 is 0.714 bits per heavy atom. The third-order valence-corrected chi connectivity index (χ3v) is 0. The van der Waals surface area contributed by atoms with Crippen molar-refractivity contribution in [3.05, 3.63) is 0 Å². The fourth-order valence-electron chi connectivity index (χ4n) is 0. The van der Waals surface area contributed by atoms with E-state index in [9.17, 15) is 0 Å². The van der Waals surface area contributed by atoms with Crippen molar-refractivity contribution in [3.63, 3.8) is 0 Å². The van der Waals surface area contributed by atoms with Gasteiger partial charge in [0.2, 0.25) is 0 Å². The second kappa shape index (κ2) is 52.7. The molecular formula is H8Ca2Cl2MgO2. The van der Waals surface area contributed by atoms with Gasteiger partial charge in [-0.05, 0) is 0 Å². The largest absolute Gasteiger partial charge is 2.00 e. The van der Waals surface area contributed by atoms with Crippen LogP contribution in [0.4, 0.5) is 0 Å². The van der Waals surface area contributed by atoms with Gasteiger partial charge >= 0.3 is 98.5 Å². The van der Waals surface area contributed by atoms with E-state index in [4.69, 9.17) is 0 Å². The molecule has 0 aliphatic carbocycles. The Balaban J connectivity index is 0. The molecule has 4 N–H and O–H groups in total. The fraction of sp³-hybridized carbons (Fsp3) is 0. The van der Waals surface area contributed by atoms with Crippen LogP contribution in [0.25, 0.3) is 0 Å². The minimum Gasteiger partial charge on any atom is -1.00 e. The molecule has 40 valence electrons. The molecule has 0 unspecified atom stereocenters. The molecule has 0 amide bonds. The van der Waals surface area contributed by atoms with Crippen molar-refractivity contribution in [2.45, 2.75) is 0 Å². The van der Waals surface area contributed by atoms with Crippen LogP contribution in [0.3, 0.4) is 0 Å². The molecule has 0 aliphatic heterocycles. The van der Waals surface area contributed by atoms with E-state index in [0.29, 0.717) is 0 Å². The Labute approximate surface area is 137 Å². The first-order valence-corrected chi connectivity index (χ1v) is 0. The van der Waals surface area contributed by atoms with Gasteiger partial charge in [-0.1, -0.05) is 0 Å². The number of halogens is 2. The van der Waals surface area contributed by atoms with Crippen LogP contribution in [0.2, 0.25) is 0 Å². The van der Waals surface area contributed by atoms with Crippen LogP contribution in [-0.2, 0) is 0 Å². The molecule has 0 saturated carbocycles. The average molecular weight is 215 g/mol. The van der Waals surface area contributed by atoms with Gasteiger partial charge in [-0.15, -0.1) is 0 Å². The average Bonchev–Trinajstić information content (AvgIpc) is 0. The van der Waals surface area contributed by atoms with E-state index < -0.39 is 0 Å². The normalized spacial score (nSPS) is 0. The van der Waals surface area contributed by atoms with E-state index in [0.717, 1.165) is 0 Å². The Morgan fingerprint density at radius 2 is 0.714 bits per heavy atom. The third-order valence-electron chi connectivity index (χ3n) is 0. The summed E-state index contributed by atoms with van der Waals surface area (Å²) in [5.74, 6) is 0.